The first-order valence-electron chi connectivity index (χ1n) is 5.82. The van der Waals surface area contributed by atoms with Crippen LogP contribution in [-0.4, -0.2) is 29.5 Å². The molecule has 0 unspecified atom stereocenters. The number of nitrogens with one attached hydrogen (secondary N) is 1. The Hall–Kier alpha value is -1.47. The Morgan fingerprint density at radius 3 is 2.83 bits per heavy atom. The van der Waals surface area contributed by atoms with Gasteiger partial charge in [-0.15, -0.1) is 0 Å². The van der Waals surface area contributed by atoms with E-state index in [2.05, 4.69) is 10.3 Å². The van der Waals surface area contributed by atoms with Gasteiger partial charge in [-0.05, 0) is 12.8 Å². The van der Waals surface area contributed by atoms with Crippen LogP contribution in [0.5, 0.6) is 0 Å². The lowest BCUT2D eigenvalue weighted by molar-refractivity contribution is -0.122. The van der Waals surface area contributed by atoms with Gasteiger partial charge in [-0.2, -0.15) is 0 Å². The topological polar surface area (TPSA) is 94.3 Å². The Morgan fingerprint density at radius 1 is 1.50 bits per heavy atom. The second-order valence-corrected chi connectivity index (χ2v) is 5.19. The summed E-state index contributed by atoms with van der Waals surface area (Å²) in [7, 11) is 0. The van der Waals surface area contributed by atoms with E-state index in [1.54, 1.807) is 0 Å². The minimum atomic E-state index is -0.546. The average molecular weight is 269 g/mol. The number of amides is 2. The lowest BCUT2D eigenvalue weighted by Gasteiger charge is -2.09. The molecule has 1 aliphatic carbocycles. The van der Waals surface area contributed by atoms with Crippen molar-refractivity contribution in [3.63, 3.8) is 0 Å². The van der Waals surface area contributed by atoms with Crippen molar-refractivity contribution in [2.45, 2.75) is 31.8 Å². The Balaban J connectivity index is 1.77. The highest BCUT2D eigenvalue weighted by Crippen LogP contribution is 2.21. The van der Waals surface area contributed by atoms with Crippen molar-refractivity contribution >= 4 is 28.3 Å². The van der Waals surface area contributed by atoms with Crippen molar-refractivity contribution in [3.05, 3.63) is 11.1 Å². The maximum Gasteiger partial charge on any atom is 0.260 e. The van der Waals surface area contributed by atoms with Crippen LogP contribution >= 0.6 is 11.3 Å². The van der Waals surface area contributed by atoms with Crippen LogP contribution in [0.2, 0.25) is 0 Å². The highest BCUT2D eigenvalue weighted by atomic mass is 32.1. The molecule has 0 aliphatic heterocycles. The number of carbonyl (C=O) groups is 2. The number of aromatic nitrogens is 1. The third kappa shape index (κ3) is 3.51. The molecule has 7 heteroatoms. The van der Waals surface area contributed by atoms with Crippen molar-refractivity contribution in [1.82, 2.24) is 4.98 Å². The number of anilines is 1. The number of nitrogens with zero attached hydrogens (tertiary/aromatic N) is 1. The summed E-state index contributed by atoms with van der Waals surface area (Å²) >= 11 is 1.05. The third-order valence-electron chi connectivity index (χ3n) is 2.75. The molecule has 18 heavy (non-hydrogen) atoms. The second kappa shape index (κ2) is 5.92. The van der Waals surface area contributed by atoms with Crippen LogP contribution < -0.4 is 11.1 Å². The van der Waals surface area contributed by atoms with Gasteiger partial charge in [-0.25, -0.2) is 4.98 Å². The molecule has 0 aromatic carbocycles. The molecule has 2 rings (SSSR count). The molecule has 1 aromatic rings. The van der Waals surface area contributed by atoms with Gasteiger partial charge in [-0.3, -0.25) is 14.9 Å². The summed E-state index contributed by atoms with van der Waals surface area (Å²) in [5.41, 5.74) is 5.09. The van der Waals surface area contributed by atoms with Crippen LogP contribution in [0.3, 0.4) is 0 Å². The minimum absolute atomic E-state index is 0.0240. The van der Waals surface area contributed by atoms with Gasteiger partial charge in [0.1, 0.15) is 11.5 Å². The molecule has 0 saturated heterocycles. The molecular weight excluding hydrogens is 254 g/mol. The zero-order valence-electron chi connectivity index (χ0n) is 9.85. The fraction of sp³-hybridized carbons (Fsp3) is 0.545. The van der Waals surface area contributed by atoms with Crippen LogP contribution in [0.1, 0.15) is 35.4 Å². The largest absolute Gasteiger partial charge is 0.368 e. The van der Waals surface area contributed by atoms with E-state index in [0.29, 0.717) is 10.0 Å². The molecule has 1 aliphatic rings. The zero-order chi connectivity index (χ0) is 13.0. The molecule has 2 amide bonds. The Bertz CT molecular complexity index is 440. The van der Waals surface area contributed by atoms with Crippen LogP contribution in [0.25, 0.3) is 0 Å². The minimum Gasteiger partial charge on any atom is -0.368 e. The van der Waals surface area contributed by atoms with E-state index in [4.69, 9.17) is 10.5 Å². The molecule has 1 aromatic heterocycles. The first kappa shape index (κ1) is 13.0. The van der Waals surface area contributed by atoms with Gasteiger partial charge in [0.25, 0.3) is 11.8 Å². The maximum atomic E-state index is 11.6. The van der Waals surface area contributed by atoms with E-state index in [0.717, 1.165) is 24.2 Å². The predicted molar refractivity (Wildman–Crippen MR) is 67.5 cm³/mol. The van der Waals surface area contributed by atoms with Crippen LogP contribution in [0.15, 0.2) is 6.20 Å². The molecule has 6 nitrogen and oxygen atoms in total. The number of thiazole rings is 1. The van der Waals surface area contributed by atoms with E-state index in [-0.39, 0.29) is 18.6 Å². The van der Waals surface area contributed by atoms with Gasteiger partial charge in [0.2, 0.25) is 0 Å². The lowest BCUT2D eigenvalue weighted by Crippen LogP contribution is -2.21. The summed E-state index contributed by atoms with van der Waals surface area (Å²) in [4.78, 5) is 26.6. The number of primary amides is 1. The molecule has 3 N–H and O–H groups in total. The van der Waals surface area contributed by atoms with Crippen molar-refractivity contribution < 1.29 is 14.3 Å². The summed E-state index contributed by atoms with van der Waals surface area (Å²) in [6.45, 7) is 0.0240. The molecule has 1 saturated carbocycles. The van der Waals surface area contributed by atoms with Gasteiger partial charge in [0, 0.05) is 0 Å². The van der Waals surface area contributed by atoms with Crippen LogP contribution in [0.4, 0.5) is 5.13 Å². The molecule has 0 bridgehead atoms. The highest BCUT2D eigenvalue weighted by molar-refractivity contribution is 7.17. The Kier molecular flexibility index (Phi) is 4.27. The van der Waals surface area contributed by atoms with Gasteiger partial charge >= 0.3 is 0 Å². The third-order valence-corrected chi connectivity index (χ3v) is 3.67. The standard InChI is InChI=1S/C11H15N3O3S/c12-10(16)8-5-13-11(18-8)14-9(15)6-17-7-3-1-2-4-7/h5,7H,1-4,6H2,(H2,12,16)(H,13,14,15). The summed E-state index contributed by atoms with van der Waals surface area (Å²) in [5, 5.41) is 2.94. The summed E-state index contributed by atoms with van der Waals surface area (Å²) in [5.74, 6) is -0.803. The summed E-state index contributed by atoms with van der Waals surface area (Å²) < 4.78 is 5.46. The van der Waals surface area contributed by atoms with Crippen molar-refractivity contribution in [2.24, 2.45) is 5.73 Å². The van der Waals surface area contributed by atoms with E-state index >= 15 is 0 Å². The van der Waals surface area contributed by atoms with E-state index in [1.165, 1.54) is 19.0 Å². The Labute approximate surface area is 109 Å². The maximum absolute atomic E-state index is 11.6. The van der Waals surface area contributed by atoms with Crippen LogP contribution in [-0.2, 0) is 9.53 Å². The Morgan fingerprint density at radius 2 is 2.22 bits per heavy atom. The number of hydrogen-bond donors (Lipinski definition) is 2. The highest BCUT2D eigenvalue weighted by Gasteiger charge is 2.17. The number of hydrogen-bond acceptors (Lipinski definition) is 5. The molecule has 1 heterocycles. The van der Waals surface area contributed by atoms with Gasteiger partial charge < -0.3 is 10.5 Å². The first-order valence-corrected chi connectivity index (χ1v) is 6.64. The van der Waals surface area contributed by atoms with E-state index in [9.17, 15) is 9.59 Å². The summed E-state index contributed by atoms with van der Waals surface area (Å²) in [6, 6.07) is 0. The molecule has 1 fully saturated rings. The normalized spacial score (nSPS) is 15.8. The SMILES string of the molecule is NC(=O)c1cnc(NC(=O)COC2CCCC2)s1. The quantitative estimate of drug-likeness (QED) is 0.838. The lowest BCUT2D eigenvalue weighted by atomic mass is 10.3. The second-order valence-electron chi connectivity index (χ2n) is 4.16. The number of nitrogens with two attached hydrogens (primary N) is 1. The van der Waals surface area contributed by atoms with Crippen molar-refractivity contribution in [1.29, 1.82) is 0 Å². The number of ether oxygens (including phenoxy) is 1. The molecule has 0 spiro atoms. The molecule has 0 radical (unpaired) electrons. The van der Waals surface area contributed by atoms with Gasteiger partial charge in [-0.1, -0.05) is 24.2 Å². The monoisotopic (exact) mass is 269 g/mol. The average Bonchev–Trinajstić information content (AvgIpc) is 2.96. The molecule has 98 valence electrons. The number of rotatable bonds is 5. The number of carbonyl (C=O) groups excluding carboxylic acids is 2. The van der Waals surface area contributed by atoms with Gasteiger partial charge in [0.05, 0.1) is 12.3 Å². The zero-order valence-corrected chi connectivity index (χ0v) is 10.7. The fourth-order valence-corrected chi connectivity index (χ4v) is 2.53. The fourth-order valence-electron chi connectivity index (χ4n) is 1.85. The first-order chi connectivity index (χ1) is 8.65. The molecular formula is C11H15N3O3S. The van der Waals surface area contributed by atoms with Crippen molar-refractivity contribution in [2.75, 3.05) is 11.9 Å². The van der Waals surface area contributed by atoms with Crippen molar-refractivity contribution in [3.8, 4) is 0 Å². The smallest absolute Gasteiger partial charge is 0.260 e. The van der Waals surface area contributed by atoms with Crippen LogP contribution in [0, 0.1) is 0 Å². The van der Waals surface area contributed by atoms with Gasteiger partial charge in [0.15, 0.2) is 5.13 Å². The van der Waals surface area contributed by atoms with E-state index < -0.39 is 5.91 Å². The van der Waals surface area contributed by atoms with E-state index in [1.807, 2.05) is 0 Å². The summed E-state index contributed by atoms with van der Waals surface area (Å²) in [6.07, 6.45) is 5.93. The predicted octanol–water partition coefficient (Wildman–Crippen LogP) is 1.14. The molecule has 0 atom stereocenters.